The highest BCUT2D eigenvalue weighted by Crippen LogP contribution is 2.44. The van der Waals surface area contributed by atoms with Crippen molar-refractivity contribution in [1.29, 1.82) is 0 Å². The van der Waals surface area contributed by atoms with Crippen LogP contribution in [0.2, 0.25) is 0 Å². The zero-order valence-electron chi connectivity index (χ0n) is 19.3. The van der Waals surface area contributed by atoms with E-state index in [0.717, 1.165) is 22.3 Å². The molecule has 33 heavy (non-hydrogen) atoms. The van der Waals surface area contributed by atoms with Crippen molar-refractivity contribution < 1.29 is 24.2 Å². The Labute approximate surface area is 194 Å². The third-order valence-electron chi connectivity index (χ3n) is 6.10. The van der Waals surface area contributed by atoms with E-state index in [9.17, 15) is 14.4 Å². The minimum Gasteiger partial charge on any atom is -0.481 e. The van der Waals surface area contributed by atoms with E-state index in [1.165, 1.54) is 0 Å². The highest BCUT2D eigenvalue weighted by Gasteiger charge is 2.30. The zero-order chi connectivity index (χ0) is 24.0. The molecule has 0 saturated heterocycles. The average Bonchev–Trinajstić information content (AvgIpc) is 3.12. The number of carboxylic acids is 1. The number of alkyl carbamates (subject to hydrolysis) is 1. The lowest BCUT2D eigenvalue weighted by atomic mass is 9.98. The van der Waals surface area contributed by atoms with Crippen molar-refractivity contribution in [2.75, 3.05) is 13.2 Å². The SMILES string of the molecule is CC(CCCNC(=O)C(NC(=O)OCC1c2ccccc2-c2ccccc21)C(C)C)C(=O)O. The number of rotatable bonds is 10. The van der Waals surface area contributed by atoms with Gasteiger partial charge in [0.05, 0.1) is 5.92 Å². The number of carboxylic acid groups (broad SMARTS) is 1. The van der Waals surface area contributed by atoms with Crippen LogP contribution in [0.3, 0.4) is 0 Å². The molecular weight excluding hydrogens is 420 g/mol. The molecule has 0 heterocycles. The first kappa shape index (κ1) is 24.3. The second-order valence-corrected chi connectivity index (χ2v) is 8.86. The number of benzene rings is 2. The number of carbonyl (C=O) groups is 3. The first-order chi connectivity index (χ1) is 15.8. The first-order valence-corrected chi connectivity index (χ1v) is 11.4. The summed E-state index contributed by atoms with van der Waals surface area (Å²) in [6.45, 7) is 5.87. The maximum atomic E-state index is 12.6. The molecule has 0 bridgehead atoms. The fraction of sp³-hybridized carbons (Fsp3) is 0.423. The highest BCUT2D eigenvalue weighted by molar-refractivity contribution is 5.86. The van der Waals surface area contributed by atoms with E-state index in [4.69, 9.17) is 9.84 Å². The fourth-order valence-corrected chi connectivity index (χ4v) is 4.16. The van der Waals surface area contributed by atoms with Crippen LogP contribution in [-0.2, 0) is 14.3 Å². The Morgan fingerprint density at radius 2 is 1.55 bits per heavy atom. The summed E-state index contributed by atoms with van der Waals surface area (Å²) in [5, 5.41) is 14.4. The number of ether oxygens (including phenoxy) is 1. The summed E-state index contributed by atoms with van der Waals surface area (Å²) in [6, 6.07) is 15.5. The van der Waals surface area contributed by atoms with Crippen LogP contribution in [0.4, 0.5) is 4.79 Å². The third kappa shape index (κ3) is 5.92. The van der Waals surface area contributed by atoms with Crippen molar-refractivity contribution in [3.63, 3.8) is 0 Å². The molecule has 7 nitrogen and oxygen atoms in total. The van der Waals surface area contributed by atoms with Crippen LogP contribution < -0.4 is 10.6 Å². The highest BCUT2D eigenvalue weighted by atomic mass is 16.5. The summed E-state index contributed by atoms with van der Waals surface area (Å²) in [6.07, 6.45) is 0.390. The molecule has 7 heteroatoms. The lowest BCUT2D eigenvalue weighted by molar-refractivity contribution is -0.141. The van der Waals surface area contributed by atoms with Crippen LogP contribution in [0.15, 0.2) is 48.5 Å². The molecule has 1 aliphatic rings. The molecule has 2 aromatic carbocycles. The standard InChI is InChI=1S/C26H32N2O5/c1-16(2)23(24(29)27-14-8-9-17(3)25(30)31)28-26(32)33-15-22-20-12-6-4-10-18(20)19-11-5-7-13-21(19)22/h4-7,10-13,16-17,22-23H,8-9,14-15H2,1-3H3,(H,27,29)(H,28,32)(H,30,31). The maximum Gasteiger partial charge on any atom is 0.407 e. The molecule has 0 spiro atoms. The van der Waals surface area contributed by atoms with Gasteiger partial charge in [0.15, 0.2) is 0 Å². The van der Waals surface area contributed by atoms with Gasteiger partial charge >= 0.3 is 12.1 Å². The van der Waals surface area contributed by atoms with Crippen molar-refractivity contribution in [3.05, 3.63) is 59.7 Å². The van der Waals surface area contributed by atoms with Gasteiger partial charge in [0.2, 0.25) is 5.91 Å². The smallest absolute Gasteiger partial charge is 0.407 e. The predicted octanol–water partition coefficient (Wildman–Crippen LogP) is 4.17. The van der Waals surface area contributed by atoms with Crippen LogP contribution >= 0.6 is 0 Å². The molecule has 0 aromatic heterocycles. The molecule has 0 saturated carbocycles. The number of nitrogens with one attached hydrogen (secondary N) is 2. The minimum atomic E-state index is -0.849. The molecule has 2 amide bonds. The van der Waals surface area contributed by atoms with Gasteiger partial charge in [-0.2, -0.15) is 0 Å². The first-order valence-electron chi connectivity index (χ1n) is 11.4. The molecule has 2 atom stereocenters. The molecule has 3 N–H and O–H groups in total. The molecule has 3 rings (SSSR count). The van der Waals surface area contributed by atoms with Gasteiger partial charge in [-0.1, -0.05) is 69.3 Å². The summed E-state index contributed by atoms with van der Waals surface area (Å²) in [7, 11) is 0. The van der Waals surface area contributed by atoms with Gasteiger partial charge in [0.1, 0.15) is 12.6 Å². The van der Waals surface area contributed by atoms with Gasteiger partial charge in [0.25, 0.3) is 0 Å². The summed E-state index contributed by atoms with van der Waals surface area (Å²) < 4.78 is 5.56. The summed E-state index contributed by atoms with van der Waals surface area (Å²) in [5.41, 5.74) is 4.55. The van der Waals surface area contributed by atoms with Gasteiger partial charge in [0, 0.05) is 12.5 Å². The van der Waals surface area contributed by atoms with Crippen LogP contribution in [-0.4, -0.2) is 42.3 Å². The van der Waals surface area contributed by atoms with Gasteiger partial charge in [-0.3, -0.25) is 9.59 Å². The average molecular weight is 453 g/mol. The van der Waals surface area contributed by atoms with Crippen LogP contribution in [0.5, 0.6) is 0 Å². The second-order valence-electron chi connectivity index (χ2n) is 8.86. The Balaban J connectivity index is 1.54. The van der Waals surface area contributed by atoms with E-state index in [2.05, 4.69) is 34.9 Å². The van der Waals surface area contributed by atoms with E-state index in [1.807, 2.05) is 38.1 Å². The van der Waals surface area contributed by atoms with Crippen LogP contribution in [0.25, 0.3) is 11.1 Å². The molecule has 0 fully saturated rings. The topological polar surface area (TPSA) is 105 Å². The summed E-state index contributed by atoms with van der Waals surface area (Å²) in [4.78, 5) is 36.0. The Morgan fingerprint density at radius 1 is 0.970 bits per heavy atom. The lowest BCUT2D eigenvalue weighted by Crippen LogP contribution is -2.50. The number of hydrogen-bond donors (Lipinski definition) is 3. The fourth-order valence-electron chi connectivity index (χ4n) is 4.16. The molecule has 2 unspecified atom stereocenters. The quantitative estimate of drug-likeness (QED) is 0.470. The molecule has 176 valence electrons. The Hall–Kier alpha value is -3.35. The molecule has 0 aliphatic heterocycles. The number of carbonyl (C=O) groups excluding carboxylic acids is 2. The number of amides is 2. The zero-order valence-corrected chi connectivity index (χ0v) is 19.3. The third-order valence-corrected chi connectivity index (χ3v) is 6.10. The van der Waals surface area contributed by atoms with E-state index < -0.39 is 24.0 Å². The summed E-state index contributed by atoms with van der Waals surface area (Å²) in [5.74, 6) is -1.80. The van der Waals surface area contributed by atoms with Gasteiger partial charge in [-0.25, -0.2) is 4.79 Å². The van der Waals surface area contributed by atoms with Gasteiger partial charge in [-0.15, -0.1) is 0 Å². The van der Waals surface area contributed by atoms with E-state index >= 15 is 0 Å². The monoisotopic (exact) mass is 452 g/mol. The molecule has 1 aliphatic carbocycles. The lowest BCUT2D eigenvalue weighted by Gasteiger charge is -2.22. The number of fused-ring (bicyclic) bond motifs is 3. The minimum absolute atomic E-state index is 0.0503. The maximum absolute atomic E-state index is 12.6. The van der Waals surface area contributed by atoms with Crippen LogP contribution in [0, 0.1) is 11.8 Å². The van der Waals surface area contributed by atoms with Crippen molar-refractivity contribution in [1.82, 2.24) is 10.6 Å². The molecule has 0 radical (unpaired) electrons. The van der Waals surface area contributed by atoms with Crippen molar-refractivity contribution in [3.8, 4) is 11.1 Å². The summed E-state index contributed by atoms with van der Waals surface area (Å²) >= 11 is 0. The largest absolute Gasteiger partial charge is 0.481 e. The molecular formula is C26H32N2O5. The second kappa shape index (κ2) is 11.0. The Bertz CT molecular complexity index is 958. The van der Waals surface area contributed by atoms with Gasteiger partial charge < -0.3 is 20.5 Å². The molecule has 2 aromatic rings. The Morgan fingerprint density at radius 3 is 2.09 bits per heavy atom. The van der Waals surface area contributed by atoms with E-state index in [1.54, 1.807) is 6.92 Å². The normalized spacial score (nSPS) is 14.2. The van der Waals surface area contributed by atoms with Crippen molar-refractivity contribution in [2.24, 2.45) is 11.8 Å². The predicted molar refractivity (Wildman–Crippen MR) is 126 cm³/mol. The number of hydrogen-bond acceptors (Lipinski definition) is 4. The number of aliphatic carboxylic acids is 1. The van der Waals surface area contributed by atoms with E-state index in [-0.39, 0.29) is 24.3 Å². The van der Waals surface area contributed by atoms with Crippen molar-refractivity contribution >= 4 is 18.0 Å². The van der Waals surface area contributed by atoms with Gasteiger partial charge in [-0.05, 0) is 41.0 Å². The van der Waals surface area contributed by atoms with Crippen LogP contribution in [0.1, 0.15) is 50.7 Å². The van der Waals surface area contributed by atoms with Crippen molar-refractivity contribution in [2.45, 2.75) is 45.6 Å². The Kier molecular flexibility index (Phi) is 8.09. The van der Waals surface area contributed by atoms with E-state index in [0.29, 0.717) is 19.4 Å².